The molecule has 2 saturated heterocycles. The topological polar surface area (TPSA) is 29.5 Å². The number of carbonyl (C=O) groups is 1. The summed E-state index contributed by atoms with van der Waals surface area (Å²) in [4.78, 5) is 14.0. The third-order valence-electron chi connectivity index (χ3n) is 3.27. The zero-order valence-corrected chi connectivity index (χ0v) is 10.5. The number of piperidine rings is 1. The van der Waals surface area contributed by atoms with Crippen LogP contribution in [-0.2, 0) is 4.74 Å². The summed E-state index contributed by atoms with van der Waals surface area (Å²) >= 11 is 0. The fraction of sp³-hybridized carbons (Fsp3) is 0.769. The highest BCUT2D eigenvalue weighted by Crippen LogP contribution is 2.38. The lowest BCUT2D eigenvalue weighted by Gasteiger charge is -2.36. The maximum Gasteiger partial charge on any atom is 0.410 e. The fourth-order valence-corrected chi connectivity index (χ4v) is 2.72. The van der Waals surface area contributed by atoms with Crippen molar-refractivity contribution < 1.29 is 9.53 Å². The Morgan fingerprint density at radius 2 is 1.81 bits per heavy atom. The van der Waals surface area contributed by atoms with Crippen molar-refractivity contribution in [2.24, 2.45) is 0 Å². The van der Waals surface area contributed by atoms with Gasteiger partial charge in [0.05, 0.1) is 0 Å². The summed E-state index contributed by atoms with van der Waals surface area (Å²) in [5.74, 6) is 0. The molecule has 2 atom stereocenters. The molecule has 16 heavy (non-hydrogen) atoms. The molecule has 2 rings (SSSR count). The maximum atomic E-state index is 12.1. The minimum absolute atomic E-state index is 0.146. The van der Waals surface area contributed by atoms with Gasteiger partial charge >= 0.3 is 6.09 Å². The SMILES string of the molecule is C=C1CC2CCC(C1)N2C(=O)OC(C)(C)C. The molecule has 0 N–H and O–H groups in total. The zero-order chi connectivity index (χ0) is 11.9. The van der Waals surface area contributed by atoms with Crippen molar-refractivity contribution in [2.75, 3.05) is 0 Å². The molecule has 0 aromatic rings. The van der Waals surface area contributed by atoms with Crippen molar-refractivity contribution in [2.45, 2.75) is 64.1 Å². The summed E-state index contributed by atoms with van der Waals surface area (Å²) in [6.07, 6.45) is 3.96. The number of carbonyl (C=O) groups excluding carboxylic acids is 1. The predicted molar refractivity (Wildman–Crippen MR) is 63.3 cm³/mol. The van der Waals surface area contributed by atoms with Crippen LogP contribution in [0.3, 0.4) is 0 Å². The molecule has 2 aliphatic rings. The summed E-state index contributed by atoms with van der Waals surface area (Å²) in [6, 6.07) is 0.669. The predicted octanol–water partition coefficient (Wildman–Crippen LogP) is 3.10. The molecule has 3 nitrogen and oxygen atoms in total. The maximum absolute atomic E-state index is 12.1. The quantitative estimate of drug-likeness (QED) is 0.590. The molecule has 0 spiro atoms. The Labute approximate surface area is 97.5 Å². The number of rotatable bonds is 0. The number of amides is 1. The first kappa shape index (κ1) is 11.5. The molecule has 3 heteroatoms. The minimum Gasteiger partial charge on any atom is -0.444 e. The average molecular weight is 223 g/mol. The Bertz CT molecular complexity index is 300. The van der Waals surface area contributed by atoms with Gasteiger partial charge in [0.25, 0.3) is 0 Å². The molecule has 0 aliphatic carbocycles. The van der Waals surface area contributed by atoms with Crippen molar-refractivity contribution in [3.05, 3.63) is 12.2 Å². The van der Waals surface area contributed by atoms with Gasteiger partial charge < -0.3 is 9.64 Å². The lowest BCUT2D eigenvalue weighted by atomic mass is 9.99. The van der Waals surface area contributed by atoms with Crippen LogP contribution < -0.4 is 0 Å². The van der Waals surface area contributed by atoms with Gasteiger partial charge in [-0.3, -0.25) is 0 Å². The first-order chi connectivity index (χ1) is 7.37. The lowest BCUT2D eigenvalue weighted by Crippen LogP contribution is -2.46. The van der Waals surface area contributed by atoms with Gasteiger partial charge in [-0.15, -0.1) is 0 Å². The first-order valence-electron chi connectivity index (χ1n) is 6.05. The molecule has 0 aromatic heterocycles. The molecule has 2 aliphatic heterocycles. The van der Waals surface area contributed by atoms with Crippen molar-refractivity contribution in [1.29, 1.82) is 0 Å². The van der Waals surface area contributed by atoms with Crippen LogP contribution in [0.25, 0.3) is 0 Å². The number of hydrogen-bond acceptors (Lipinski definition) is 2. The second-order valence-electron chi connectivity index (χ2n) is 5.93. The number of fused-ring (bicyclic) bond motifs is 2. The first-order valence-corrected chi connectivity index (χ1v) is 6.05. The van der Waals surface area contributed by atoms with Crippen LogP contribution in [0.5, 0.6) is 0 Å². The standard InChI is InChI=1S/C13H21NO2/c1-9-7-10-5-6-11(8-9)14(10)12(15)16-13(2,3)4/h10-11H,1,5-8H2,2-4H3. The van der Waals surface area contributed by atoms with E-state index in [4.69, 9.17) is 4.74 Å². The van der Waals surface area contributed by atoms with Gasteiger partial charge in [-0.2, -0.15) is 0 Å². The van der Waals surface area contributed by atoms with E-state index < -0.39 is 5.60 Å². The van der Waals surface area contributed by atoms with Crippen LogP contribution in [0.2, 0.25) is 0 Å². The van der Waals surface area contributed by atoms with Crippen LogP contribution in [-0.4, -0.2) is 28.7 Å². The van der Waals surface area contributed by atoms with E-state index in [2.05, 4.69) is 6.58 Å². The second-order valence-corrected chi connectivity index (χ2v) is 5.93. The Balaban J connectivity index is 2.06. The number of hydrogen-bond donors (Lipinski definition) is 0. The van der Waals surface area contributed by atoms with Gasteiger partial charge in [0, 0.05) is 12.1 Å². The summed E-state index contributed by atoms with van der Waals surface area (Å²) in [6.45, 7) is 9.78. The van der Waals surface area contributed by atoms with Gasteiger partial charge in [0.1, 0.15) is 5.60 Å². The smallest absolute Gasteiger partial charge is 0.410 e. The average Bonchev–Trinajstić information content (AvgIpc) is 2.36. The summed E-state index contributed by atoms with van der Waals surface area (Å²) in [7, 11) is 0. The zero-order valence-electron chi connectivity index (χ0n) is 10.5. The van der Waals surface area contributed by atoms with Gasteiger partial charge in [-0.05, 0) is 46.5 Å². The third-order valence-corrected chi connectivity index (χ3v) is 3.27. The molecule has 2 fully saturated rings. The van der Waals surface area contributed by atoms with Crippen molar-refractivity contribution >= 4 is 6.09 Å². The molecule has 0 saturated carbocycles. The number of nitrogens with zero attached hydrogens (tertiary/aromatic N) is 1. The molecule has 2 heterocycles. The lowest BCUT2D eigenvalue weighted by molar-refractivity contribution is 0.0115. The second kappa shape index (κ2) is 3.79. The van der Waals surface area contributed by atoms with Crippen LogP contribution >= 0.6 is 0 Å². The van der Waals surface area contributed by atoms with Crippen LogP contribution in [0.15, 0.2) is 12.2 Å². The van der Waals surface area contributed by atoms with Crippen LogP contribution in [0.1, 0.15) is 46.5 Å². The molecular formula is C13H21NO2. The highest BCUT2D eigenvalue weighted by atomic mass is 16.6. The molecule has 0 aromatic carbocycles. The van der Waals surface area contributed by atoms with E-state index in [9.17, 15) is 4.79 Å². The van der Waals surface area contributed by atoms with E-state index in [1.165, 1.54) is 5.57 Å². The fourth-order valence-electron chi connectivity index (χ4n) is 2.72. The Kier molecular flexibility index (Phi) is 2.72. The van der Waals surface area contributed by atoms with Gasteiger partial charge in [-0.25, -0.2) is 4.79 Å². The molecule has 0 radical (unpaired) electrons. The highest BCUT2D eigenvalue weighted by molar-refractivity contribution is 5.70. The highest BCUT2D eigenvalue weighted by Gasteiger charge is 2.42. The normalized spacial score (nSPS) is 29.4. The summed E-state index contributed by atoms with van der Waals surface area (Å²) < 4.78 is 5.45. The van der Waals surface area contributed by atoms with Gasteiger partial charge in [0.15, 0.2) is 0 Å². The number of ether oxygens (including phenoxy) is 1. The molecular weight excluding hydrogens is 202 g/mol. The van der Waals surface area contributed by atoms with Crippen LogP contribution in [0.4, 0.5) is 4.79 Å². The molecule has 2 unspecified atom stereocenters. The summed E-state index contributed by atoms with van der Waals surface area (Å²) in [5.41, 5.74) is 0.887. The largest absolute Gasteiger partial charge is 0.444 e. The third kappa shape index (κ3) is 2.23. The van der Waals surface area contributed by atoms with Gasteiger partial charge in [0.2, 0.25) is 0 Å². The van der Waals surface area contributed by atoms with E-state index in [1.807, 2.05) is 25.7 Å². The Hall–Kier alpha value is -0.990. The molecule has 2 bridgehead atoms. The molecule has 90 valence electrons. The van der Waals surface area contributed by atoms with E-state index in [1.54, 1.807) is 0 Å². The summed E-state index contributed by atoms with van der Waals surface area (Å²) in [5, 5.41) is 0. The van der Waals surface area contributed by atoms with Crippen molar-refractivity contribution in [3.63, 3.8) is 0 Å². The Morgan fingerprint density at radius 3 is 2.25 bits per heavy atom. The minimum atomic E-state index is -0.398. The van der Waals surface area contributed by atoms with E-state index in [0.29, 0.717) is 12.1 Å². The van der Waals surface area contributed by atoms with E-state index in [-0.39, 0.29) is 6.09 Å². The monoisotopic (exact) mass is 223 g/mol. The molecule has 1 amide bonds. The van der Waals surface area contributed by atoms with Crippen LogP contribution in [0, 0.1) is 0 Å². The Morgan fingerprint density at radius 1 is 1.31 bits per heavy atom. The van der Waals surface area contributed by atoms with Crippen molar-refractivity contribution in [3.8, 4) is 0 Å². The van der Waals surface area contributed by atoms with E-state index in [0.717, 1.165) is 25.7 Å². The van der Waals surface area contributed by atoms with E-state index >= 15 is 0 Å². The van der Waals surface area contributed by atoms with Crippen molar-refractivity contribution in [1.82, 2.24) is 4.90 Å². The van der Waals surface area contributed by atoms with Gasteiger partial charge in [-0.1, -0.05) is 12.2 Å².